The lowest BCUT2D eigenvalue weighted by molar-refractivity contribution is 0.253. The van der Waals surface area contributed by atoms with Crippen molar-refractivity contribution in [2.75, 3.05) is 13.6 Å². The van der Waals surface area contributed by atoms with Crippen molar-refractivity contribution in [3.05, 3.63) is 29.8 Å². The quantitative estimate of drug-likeness (QED) is 0.774. The van der Waals surface area contributed by atoms with Crippen LogP contribution >= 0.6 is 0 Å². The molecule has 90 valence electrons. The van der Waals surface area contributed by atoms with Gasteiger partial charge < -0.3 is 10.4 Å². The molecule has 0 aliphatic rings. The largest absolute Gasteiger partial charge is 0.508 e. The van der Waals surface area contributed by atoms with E-state index in [4.69, 9.17) is 0 Å². The van der Waals surface area contributed by atoms with Crippen LogP contribution in [0, 0.1) is 5.41 Å². The van der Waals surface area contributed by atoms with Gasteiger partial charge in [-0.15, -0.1) is 0 Å². The summed E-state index contributed by atoms with van der Waals surface area (Å²) in [4.78, 5) is 0. The maximum Gasteiger partial charge on any atom is 0.115 e. The molecule has 0 saturated heterocycles. The fourth-order valence-electron chi connectivity index (χ4n) is 2.29. The molecule has 0 fully saturated rings. The molecule has 0 aliphatic heterocycles. The van der Waals surface area contributed by atoms with Crippen LogP contribution in [0.4, 0.5) is 0 Å². The third-order valence-corrected chi connectivity index (χ3v) is 3.54. The van der Waals surface area contributed by atoms with Crippen LogP contribution in [-0.4, -0.2) is 18.7 Å². The van der Waals surface area contributed by atoms with E-state index >= 15 is 0 Å². The second-order valence-electron chi connectivity index (χ2n) is 4.58. The van der Waals surface area contributed by atoms with Crippen LogP contribution in [0.25, 0.3) is 0 Å². The summed E-state index contributed by atoms with van der Waals surface area (Å²) in [6.45, 7) is 5.50. The number of phenolic OH excluding ortho intramolecular Hbond substituents is 1. The van der Waals surface area contributed by atoms with Crippen LogP contribution in [-0.2, 0) is 6.42 Å². The van der Waals surface area contributed by atoms with Gasteiger partial charge in [0.25, 0.3) is 0 Å². The first-order valence-corrected chi connectivity index (χ1v) is 6.08. The molecule has 0 unspecified atom stereocenters. The summed E-state index contributed by atoms with van der Waals surface area (Å²) in [7, 11) is 2.00. The van der Waals surface area contributed by atoms with E-state index in [9.17, 15) is 5.11 Å². The topological polar surface area (TPSA) is 32.3 Å². The Morgan fingerprint density at radius 2 is 1.94 bits per heavy atom. The van der Waals surface area contributed by atoms with Crippen molar-refractivity contribution in [2.45, 2.75) is 33.1 Å². The van der Waals surface area contributed by atoms with E-state index in [1.165, 1.54) is 5.56 Å². The summed E-state index contributed by atoms with van der Waals surface area (Å²) >= 11 is 0. The molecule has 0 bridgehead atoms. The van der Waals surface area contributed by atoms with Crippen molar-refractivity contribution in [2.24, 2.45) is 5.41 Å². The second kappa shape index (κ2) is 5.90. The van der Waals surface area contributed by atoms with Gasteiger partial charge in [-0.2, -0.15) is 0 Å². The normalized spacial score (nSPS) is 11.7. The molecule has 0 aliphatic carbocycles. The van der Waals surface area contributed by atoms with Crippen LogP contribution in [0.15, 0.2) is 24.3 Å². The highest BCUT2D eigenvalue weighted by molar-refractivity contribution is 5.28. The average molecular weight is 221 g/mol. The van der Waals surface area contributed by atoms with Crippen LogP contribution in [0.5, 0.6) is 5.75 Å². The molecule has 0 saturated carbocycles. The fourth-order valence-corrected chi connectivity index (χ4v) is 2.29. The lowest BCUT2D eigenvalue weighted by atomic mass is 9.77. The Hall–Kier alpha value is -1.02. The number of benzene rings is 1. The molecule has 1 aromatic carbocycles. The van der Waals surface area contributed by atoms with Gasteiger partial charge >= 0.3 is 0 Å². The highest BCUT2D eigenvalue weighted by atomic mass is 16.3. The van der Waals surface area contributed by atoms with Crippen molar-refractivity contribution in [3.63, 3.8) is 0 Å². The zero-order chi connectivity index (χ0) is 12.0. The number of hydrogen-bond acceptors (Lipinski definition) is 2. The first kappa shape index (κ1) is 13.0. The molecule has 1 aromatic rings. The van der Waals surface area contributed by atoms with Crippen LogP contribution in [0.3, 0.4) is 0 Å². The molecular weight excluding hydrogens is 198 g/mol. The summed E-state index contributed by atoms with van der Waals surface area (Å²) in [6.07, 6.45) is 3.33. The molecule has 0 radical (unpaired) electrons. The third-order valence-electron chi connectivity index (χ3n) is 3.54. The number of hydrogen-bond donors (Lipinski definition) is 2. The van der Waals surface area contributed by atoms with E-state index in [-0.39, 0.29) is 0 Å². The van der Waals surface area contributed by atoms with Crippen molar-refractivity contribution in [3.8, 4) is 5.75 Å². The fraction of sp³-hybridized carbons (Fsp3) is 0.571. The number of rotatable bonds is 6. The van der Waals surface area contributed by atoms with Gasteiger partial charge in [-0.05, 0) is 49.4 Å². The summed E-state index contributed by atoms with van der Waals surface area (Å²) in [5, 5.41) is 12.8. The van der Waals surface area contributed by atoms with E-state index in [0.29, 0.717) is 11.2 Å². The molecule has 0 amide bonds. The molecule has 0 aromatic heterocycles. The smallest absolute Gasteiger partial charge is 0.115 e. The Morgan fingerprint density at radius 1 is 1.25 bits per heavy atom. The lowest BCUT2D eigenvalue weighted by Gasteiger charge is -2.31. The molecule has 0 heterocycles. The maximum absolute atomic E-state index is 9.47. The Morgan fingerprint density at radius 3 is 2.44 bits per heavy atom. The van der Waals surface area contributed by atoms with E-state index in [1.807, 2.05) is 19.2 Å². The van der Waals surface area contributed by atoms with Crippen LogP contribution < -0.4 is 5.32 Å². The van der Waals surface area contributed by atoms with Gasteiger partial charge in [0, 0.05) is 6.54 Å². The summed E-state index contributed by atoms with van der Waals surface area (Å²) in [5.41, 5.74) is 1.53. The molecule has 2 nitrogen and oxygen atoms in total. The molecule has 2 heteroatoms. The van der Waals surface area contributed by atoms with Gasteiger partial charge in [-0.3, -0.25) is 0 Å². The maximum atomic E-state index is 9.47. The highest BCUT2D eigenvalue weighted by Crippen LogP contribution is 2.31. The Labute approximate surface area is 98.7 Å². The molecular formula is C14H23NO. The number of aromatic hydroxyl groups is 1. The minimum Gasteiger partial charge on any atom is -0.508 e. The number of nitrogens with one attached hydrogen (secondary N) is 1. The second-order valence-corrected chi connectivity index (χ2v) is 4.58. The standard InChI is InChI=1S/C14H23NO/c1-4-14(5-2,11-15-3)10-12-7-6-8-13(16)9-12/h6-9,15-16H,4-5,10-11H2,1-3H3. The average Bonchev–Trinajstić information content (AvgIpc) is 2.28. The lowest BCUT2D eigenvalue weighted by Crippen LogP contribution is -2.33. The van der Waals surface area contributed by atoms with Crippen LogP contribution in [0.1, 0.15) is 32.3 Å². The van der Waals surface area contributed by atoms with E-state index in [2.05, 4.69) is 25.2 Å². The first-order chi connectivity index (χ1) is 7.65. The Bertz CT molecular complexity index is 318. The predicted molar refractivity (Wildman–Crippen MR) is 68.8 cm³/mol. The van der Waals surface area contributed by atoms with E-state index in [0.717, 1.165) is 25.8 Å². The minimum atomic E-state index is 0.308. The summed E-state index contributed by atoms with van der Waals surface area (Å²) in [5.74, 6) is 0.364. The summed E-state index contributed by atoms with van der Waals surface area (Å²) in [6, 6.07) is 7.60. The number of phenols is 1. The monoisotopic (exact) mass is 221 g/mol. The van der Waals surface area contributed by atoms with Crippen molar-refractivity contribution >= 4 is 0 Å². The van der Waals surface area contributed by atoms with Gasteiger partial charge in [0.1, 0.15) is 5.75 Å². The minimum absolute atomic E-state index is 0.308. The molecule has 0 spiro atoms. The first-order valence-electron chi connectivity index (χ1n) is 6.08. The molecule has 0 atom stereocenters. The Kier molecular flexibility index (Phi) is 4.81. The van der Waals surface area contributed by atoms with Gasteiger partial charge in [0.15, 0.2) is 0 Å². The predicted octanol–water partition coefficient (Wildman–Crippen LogP) is 2.96. The van der Waals surface area contributed by atoms with Gasteiger partial charge in [-0.25, -0.2) is 0 Å². The molecule has 2 N–H and O–H groups in total. The van der Waals surface area contributed by atoms with E-state index < -0.39 is 0 Å². The van der Waals surface area contributed by atoms with Crippen molar-refractivity contribution in [1.82, 2.24) is 5.32 Å². The van der Waals surface area contributed by atoms with Gasteiger partial charge in [0.05, 0.1) is 0 Å². The van der Waals surface area contributed by atoms with Crippen molar-refractivity contribution < 1.29 is 5.11 Å². The summed E-state index contributed by atoms with van der Waals surface area (Å²) < 4.78 is 0. The van der Waals surface area contributed by atoms with Gasteiger partial charge in [-0.1, -0.05) is 26.0 Å². The highest BCUT2D eigenvalue weighted by Gasteiger charge is 2.25. The zero-order valence-corrected chi connectivity index (χ0v) is 10.6. The SMILES string of the molecule is CCC(CC)(CNC)Cc1cccc(O)c1. The zero-order valence-electron chi connectivity index (χ0n) is 10.6. The Balaban J connectivity index is 2.82. The van der Waals surface area contributed by atoms with Gasteiger partial charge in [0.2, 0.25) is 0 Å². The van der Waals surface area contributed by atoms with Crippen LogP contribution in [0.2, 0.25) is 0 Å². The van der Waals surface area contributed by atoms with E-state index in [1.54, 1.807) is 6.07 Å². The third kappa shape index (κ3) is 3.24. The molecule has 16 heavy (non-hydrogen) atoms. The van der Waals surface area contributed by atoms with Crippen molar-refractivity contribution in [1.29, 1.82) is 0 Å². The molecule has 1 rings (SSSR count).